The van der Waals surface area contributed by atoms with E-state index in [1.165, 1.54) is 0 Å². The summed E-state index contributed by atoms with van der Waals surface area (Å²) in [4.78, 5) is 41.7. The molecule has 0 bridgehead atoms. The van der Waals surface area contributed by atoms with Gasteiger partial charge in [-0.2, -0.15) is 9.59 Å². The average molecular weight is 218 g/mol. The van der Waals surface area contributed by atoms with Gasteiger partial charge in [-0.25, -0.2) is 4.57 Å². The molecule has 0 fully saturated rings. The Morgan fingerprint density at radius 2 is 1.54 bits per heavy atom. The molecule has 0 saturated heterocycles. The largest absolute Gasteiger partial charge is 0.526 e. The number of hydrogen-bond donors (Lipinski definition) is 4. The zero-order valence-corrected chi connectivity index (χ0v) is 7.17. The molecule has 78 valence electrons. The number of carbonyl (C=O) groups is 1. The minimum absolute atomic E-state index is 0.250. The highest BCUT2D eigenvalue weighted by Gasteiger charge is 2.16. The maximum atomic E-state index is 9.74. The molecule has 10 heteroatoms. The highest BCUT2D eigenvalue weighted by atomic mass is 31.2. The van der Waals surface area contributed by atoms with E-state index in [0.717, 1.165) is 6.92 Å². The quantitative estimate of drug-likeness (QED) is 0.248. The van der Waals surface area contributed by atoms with Crippen LogP contribution in [0.4, 0.5) is 0 Å². The Morgan fingerprint density at radius 3 is 1.54 bits per heavy atom. The Labute approximate surface area is 71.7 Å². The second-order valence-electron chi connectivity index (χ2n) is 1.16. The molecule has 0 aliphatic carbocycles. The van der Waals surface area contributed by atoms with Crippen molar-refractivity contribution < 1.29 is 43.8 Å². The summed E-state index contributed by atoms with van der Waals surface area (Å²) in [5, 5.41) is 12.0. The fourth-order valence-corrected chi connectivity index (χ4v) is 0.502. The van der Waals surface area contributed by atoms with Crippen LogP contribution in [0.1, 0.15) is 6.92 Å². The molecule has 0 rings (SSSR count). The second kappa shape index (κ2) is 10.9. The van der Waals surface area contributed by atoms with Gasteiger partial charge in [-0.3, -0.25) is 25.1 Å². The first-order valence-electron chi connectivity index (χ1n) is 2.28. The molecule has 9 nitrogen and oxygen atoms in total. The van der Waals surface area contributed by atoms with Crippen molar-refractivity contribution in [3.05, 3.63) is 0 Å². The molecule has 0 heterocycles. The van der Waals surface area contributed by atoms with Gasteiger partial charge in [0.15, 0.2) is 0 Å². The molecule has 0 spiro atoms. The lowest BCUT2D eigenvalue weighted by molar-refractivity contribution is -0.191. The molecule has 0 amide bonds. The van der Waals surface area contributed by atoms with Crippen LogP contribution >= 0.6 is 7.82 Å². The molecule has 0 aliphatic heterocycles. The van der Waals surface area contributed by atoms with Crippen LogP contribution in [0.15, 0.2) is 0 Å². The molecule has 0 aromatic heterocycles. The first kappa shape index (κ1) is 17.9. The van der Waals surface area contributed by atoms with Gasteiger partial charge in [0.1, 0.15) is 0 Å². The summed E-state index contributed by atoms with van der Waals surface area (Å²) in [5.74, 6) is -0.988. The Balaban J connectivity index is -0.000000169. The van der Waals surface area contributed by atoms with Crippen molar-refractivity contribution in [3.63, 3.8) is 0 Å². The minimum Gasteiger partial charge on any atom is -0.371 e. The number of hydrogen-bond acceptors (Lipinski definition) is 7. The van der Waals surface area contributed by atoms with Gasteiger partial charge >= 0.3 is 19.9 Å². The Hall–Kier alpha value is -1.08. The Morgan fingerprint density at radius 1 is 1.31 bits per heavy atom. The van der Waals surface area contributed by atoms with Gasteiger partial charge < -0.3 is 4.52 Å². The number of carbonyl (C=O) groups excluding carboxylic acids is 3. The smallest absolute Gasteiger partial charge is 0.371 e. The molecule has 13 heavy (non-hydrogen) atoms. The highest BCUT2D eigenvalue weighted by molar-refractivity contribution is 7.46. The maximum absolute atomic E-state index is 9.74. The van der Waals surface area contributed by atoms with Gasteiger partial charge in [-0.15, -0.1) is 0 Å². The molecule has 0 atom stereocenters. The number of rotatable bonds is 1. The van der Waals surface area contributed by atoms with Crippen molar-refractivity contribution >= 4 is 19.9 Å². The van der Waals surface area contributed by atoms with Crippen molar-refractivity contribution in [2.45, 2.75) is 6.92 Å². The third-order valence-electron chi connectivity index (χ3n) is 0.247. The summed E-state index contributed by atoms with van der Waals surface area (Å²) in [5.41, 5.74) is 0. The first-order chi connectivity index (χ1) is 5.83. The molecule has 0 aliphatic rings. The molecular weight excluding hydrogens is 211 g/mol. The van der Waals surface area contributed by atoms with Crippen molar-refractivity contribution in [1.29, 1.82) is 0 Å². The lowest BCUT2D eigenvalue weighted by Crippen LogP contribution is -1.94. The number of phosphoric ester groups is 1. The van der Waals surface area contributed by atoms with Crippen molar-refractivity contribution in [1.82, 2.24) is 0 Å². The molecular formula is C3H7O9P. The fraction of sp³-hybridized carbons (Fsp3) is 0.333. The summed E-state index contributed by atoms with van der Waals surface area (Å²) in [6.45, 7) is 0.916. The summed E-state index contributed by atoms with van der Waals surface area (Å²) in [7, 11) is -4.57. The third-order valence-corrected chi connectivity index (χ3v) is 0.742. The summed E-state index contributed by atoms with van der Waals surface area (Å²) in [6.07, 6.45) is 0.250. The summed E-state index contributed by atoms with van der Waals surface area (Å²) >= 11 is 0. The van der Waals surface area contributed by atoms with E-state index < -0.39 is 13.8 Å². The predicted molar refractivity (Wildman–Crippen MR) is 34.1 cm³/mol. The van der Waals surface area contributed by atoms with Crippen LogP contribution in [0.5, 0.6) is 0 Å². The highest BCUT2D eigenvalue weighted by Crippen LogP contribution is 2.35. The van der Waals surface area contributed by atoms with Crippen molar-refractivity contribution in [2.75, 3.05) is 0 Å². The Bertz CT molecular complexity index is 197. The molecule has 0 saturated carbocycles. The lowest BCUT2D eigenvalue weighted by Gasteiger charge is -1.98. The molecule has 0 unspecified atom stereocenters. The molecule has 0 radical (unpaired) electrons. The third kappa shape index (κ3) is 56.5. The maximum Gasteiger partial charge on any atom is 0.526 e. The van der Waals surface area contributed by atoms with Crippen molar-refractivity contribution in [2.24, 2.45) is 0 Å². The van der Waals surface area contributed by atoms with E-state index in [1.54, 1.807) is 0 Å². The lowest BCUT2D eigenvalue weighted by atomic mass is 10.9. The zero-order chi connectivity index (χ0) is 11.5. The molecule has 0 aromatic rings. The van der Waals surface area contributed by atoms with Crippen LogP contribution in [-0.2, 0) is 23.5 Å². The molecule has 4 N–H and O–H groups in total. The van der Waals surface area contributed by atoms with Crippen LogP contribution in [0.3, 0.4) is 0 Å². The van der Waals surface area contributed by atoms with Crippen LogP contribution in [0.25, 0.3) is 0 Å². The van der Waals surface area contributed by atoms with Gasteiger partial charge in [-0.05, 0) is 0 Å². The van der Waals surface area contributed by atoms with E-state index in [1.807, 2.05) is 0 Å². The van der Waals surface area contributed by atoms with Gasteiger partial charge in [-0.1, -0.05) is 0 Å². The summed E-state index contributed by atoms with van der Waals surface area (Å²) < 4.78 is 13.2. The standard InChI is InChI=1S/C2H5O5P.CO2.H2O2/c1-2(3)7-8(4,5)6;2-1-3;1-2/h1H3,(H2,4,5,6);;1-2H. The van der Waals surface area contributed by atoms with Gasteiger partial charge in [0.2, 0.25) is 0 Å². The number of phosphoric acid groups is 1. The average Bonchev–Trinajstić information content (AvgIpc) is 1.87. The van der Waals surface area contributed by atoms with E-state index >= 15 is 0 Å². The van der Waals surface area contributed by atoms with E-state index in [0.29, 0.717) is 0 Å². The van der Waals surface area contributed by atoms with Crippen LogP contribution in [-0.4, -0.2) is 32.4 Å². The van der Waals surface area contributed by atoms with E-state index in [4.69, 9.17) is 29.9 Å². The van der Waals surface area contributed by atoms with E-state index in [-0.39, 0.29) is 6.15 Å². The Kier molecular flexibility index (Phi) is 15.0. The monoisotopic (exact) mass is 218 g/mol. The van der Waals surface area contributed by atoms with Crippen LogP contribution in [0, 0.1) is 0 Å². The SMILES string of the molecule is CC(=O)OP(=O)(O)O.O=C=O.OO. The second-order valence-corrected chi connectivity index (χ2v) is 2.32. The molecule has 0 aromatic carbocycles. The van der Waals surface area contributed by atoms with E-state index in [9.17, 15) is 9.36 Å². The first-order valence-corrected chi connectivity index (χ1v) is 3.81. The van der Waals surface area contributed by atoms with Crippen molar-refractivity contribution in [3.8, 4) is 0 Å². The normalized spacial score (nSPS) is 7.77. The zero-order valence-electron chi connectivity index (χ0n) is 6.28. The summed E-state index contributed by atoms with van der Waals surface area (Å²) in [6, 6.07) is 0. The van der Waals surface area contributed by atoms with E-state index in [2.05, 4.69) is 4.52 Å². The van der Waals surface area contributed by atoms with Crippen LogP contribution in [0.2, 0.25) is 0 Å². The topological polar surface area (TPSA) is 158 Å². The predicted octanol–water partition coefficient (Wildman–Crippen LogP) is -0.924. The minimum atomic E-state index is -4.57. The van der Waals surface area contributed by atoms with Gasteiger partial charge in [0, 0.05) is 6.92 Å². The van der Waals surface area contributed by atoms with Gasteiger partial charge in [0.25, 0.3) is 0 Å². The fourth-order valence-electron chi connectivity index (χ4n) is 0.167. The van der Waals surface area contributed by atoms with Crippen LogP contribution < -0.4 is 0 Å². The van der Waals surface area contributed by atoms with Gasteiger partial charge in [0.05, 0.1) is 0 Å².